The zero-order valence-corrected chi connectivity index (χ0v) is 14.4. The molecule has 0 N–H and O–H groups in total. The summed E-state index contributed by atoms with van der Waals surface area (Å²) in [5.74, 6) is 0.147. The average molecular weight is 334 g/mol. The molecule has 1 fully saturated rings. The number of carbonyl (C=O) groups is 1. The number of hydrogen-bond acceptors (Lipinski definition) is 2. The highest BCUT2D eigenvalue weighted by Gasteiger charge is 2.25. The van der Waals surface area contributed by atoms with Crippen molar-refractivity contribution in [2.75, 3.05) is 19.7 Å². The average Bonchev–Trinajstić information content (AvgIpc) is 2.98. The van der Waals surface area contributed by atoms with E-state index in [2.05, 4.69) is 41.8 Å². The van der Waals surface area contributed by atoms with Crippen LogP contribution in [0.4, 0.5) is 0 Å². The Morgan fingerprint density at radius 1 is 1.12 bits per heavy atom. The second-order valence-corrected chi connectivity index (χ2v) is 6.54. The van der Waals surface area contributed by atoms with Crippen molar-refractivity contribution in [3.05, 3.63) is 71.9 Å². The highest BCUT2D eigenvalue weighted by Crippen LogP contribution is 2.23. The first-order chi connectivity index (χ1) is 12.2. The van der Waals surface area contributed by atoms with E-state index in [4.69, 9.17) is 4.74 Å². The molecule has 0 unspecified atom stereocenters. The van der Waals surface area contributed by atoms with Crippen LogP contribution in [0.5, 0.6) is 0 Å². The molecular weight excluding hydrogens is 312 g/mol. The largest absolute Gasteiger partial charge is 0.370 e. The molecule has 1 aromatic heterocycles. The Morgan fingerprint density at radius 2 is 1.88 bits per heavy atom. The number of carbonyl (C=O) groups excluding carboxylic acids is 1. The Hall–Kier alpha value is -2.59. The van der Waals surface area contributed by atoms with Gasteiger partial charge in [-0.1, -0.05) is 48.5 Å². The summed E-state index contributed by atoms with van der Waals surface area (Å²) >= 11 is 0. The summed E-state index contributed by atoms with van der Waals surface area (Å²) in [6.07, 6.45) is -0.0404. The lowest BCUT2D eigenvalue weighted by molar-refractivity contribution is -0.139. The van der Waals surface area contributed by atoms with Crippen LogP contribution in [0.15, 0.2) is 60.7 Å². The lowest BCUT2D eigenvalue weighted by Crippen LogP contribution is -2.43. The molecule has 2 aromatic carbocycles. The van der Waals surface area contributed by atoms with Gasteiger partial charge >= 0.3 is 0 Å². The van der Waals surface area contributed by atoms with Gasteiger partial charge in [0.05, 0.1) is 13.2 Å². The molecule has 0 bridgehead atoms. The molecule has 1 amide bonds. The second kappa shape index (κ2) is 6.73. The minimum absolute atomic E-state index is 0.0404. The summed E-state index contributed by atoms with van der Waals surface area (Å²) < 4.78 is 7.97. The number of morpholine rings is 1. The molecule has 4 heteroatoms. The van der Waals surface area contributed by atoms with Crippen LogP contribution in [0, 0.1) is 6.92 Å². The van der Waals surface area contributed by atoms with Gasteiger partial charge in [0, 0.05) is 17.8 Å². The molecule has 0 radical (unpaired) electrons. The predicted octanol–water partition coefficient (Wildman–Crippen LogP) is 3.55. The maximum absolute atomic E-state index is 12.9. The topological polar surface area (TPSA) is 34.5 Å². The van der Waals surface area contributed by atoms with Crippen molar-refractivity contribution in [2.24, 2.45) is 0 Å². The number of amides is 1. The zero-order chi connectivity index (χ0) is 17.2. The fourth-order valence-electron chi connectivity index (χ4n) is 3.54. The van der Waals surface area contributed by atoms with Crippen LogP contribution in [0.2, 0.25) is 0 Å². The van der Waals surface area contributed by atoms with Gasteiger partial charge in [-0.05, 0) is 30.0 Å². The third kappa shape index (κ3) is 3.17. The van der Waals surface area contributed by atoms with Gasteiger partial charge < -0.3 is 14.2 Å². The molecule has 4 rings (SSSR count). The summed E-state index contributed by atoms with van der Waals surface area (Å²) in [5, 5.41) is 1.18. The van der Waals surface area contributed by atoms with E-state index < -0.39 is 0 Å². The molecule has 1 aliphatic rings. The molecule has 2 heterocycles. The fourth-order valence-corrected chi connectivity index (χ4v) is 3.54. The van der Waals surface area contributed by atoms with Gasteiger partial charge in [0.1, 0.15) is 12.6 Å². The number of fused-ring (bicyclic) bond motifs is 1. The van der Waals surface area contributed by atoms with Crippen molar-refractivity contribution in [3.8, 4) is 0 Å². The molecule has 4 nitrogen and oxygen atoms in total. The normalized spacial score (nSPS) is 17.8. The van der Waals surface area contributed by atoms with Crippen LogP contribution in [-0.4, -0.2) is 35.1 Å². The molecule has 1 atom stereocenters. The maximum atomic E-state index is 12.9. The van der Waals surface area contributed by atoms with E-state index in [9.17, 15) is 4.79 Å². The van der Waals surface area contributed by atoms with Gasteiger partial charge in [-0.15, -0.1) is 0 Å². The van der Waals surface area contributed by atoms with Crippen LogP contribution >= 0.6 is 0 Å². The Morgan fingerprint density at radius 3 is 2.72 bits per heavy atom. The van der Waals surface area contributed by atoms with E-state index >= 15 is 0 Å². The second-order valence-electron chi connectivity index (χ2n) is 6.54. The number of hydrogen-bond donors (Lipinski definition) is 0. The standard InChI is InChI=1S/C21H22N2O2/c1-16-13-18-9-5-6-10-19(18)23(16)15-21(24)22-11-12-25-20(14-22)17-7-3-2-4-8-17/h2-10,13,20H,11-12,14-15H2,1H3/t20-/m0/s1. The van der Waals surface area contributed by atoms with Gasteiger partial charge in [0.2, 0.25) is 5.91 Å². The molecule has 3 aromatic rings. The Labute approximate surface area is 147 Å². The number of ether oxygens (including phenoxy) is 1. The number of benzene rings is 2. The van der Waals surface area contributed by atoms with Crippen LogP contribution in [0.3, 0.4) is 0 Å². The van der Waals surface area contributed by atoms with Crippen molar-refractivity contribution >= 4 is 16.8 Å². The lowest BCUT2D eigenvalue weighted by atomic mass is 10.1. The predicted molar refractivity (Wildman–Crippen MR) is 98.4 cm³/mol. The van der Waals surface area contributed by atoms with Crippen molar-refractivity contribution in [1.82, 2.24) is 9.47 Å². The molecule has 0 spiro atoms. The number of rotatable bonds is 3. The molecule has 0 aliphatic carbocycles. The van der Waals surface area contributed by atoms with E-state index in [1.54, 1.807) is 0 Å². The summed E-state index contributed by atoms with van der Waals surface area (Å²) in [6, 6.07) is 20.5. The van der Waals surface area contributed by atoms with E-state index in [1.165, 1.54) is 5.39 Å². The maximum Gasteiger partial charge on any atom is 0.242 e. The molecule has 128 valence electrons. The molecule has 25 heavy (non-hydrogen) atoms. The van der Waals surface area contributed by atoms with Gasteiger partial charge in [-0.3, -0.25) is 4.79 Å². The SMILES string of the molecule is Cc1cc2ccccc2n1CC(=O)N1CCO[C@H](c2ccccc2)C1. The van der Waals surface area contributed by atoms with E-state index in [-0.39, 0.29) is 12.0 Å². The smallest absolute Gasteiger partial charge is 0.242 e. The zero-order valence-electron chi connectivity index (χ0n) is 14.4. The summed E-state index contributed by atoms with van der Waals surface area (Å²) in [4.78, 5) is 14.8. The third-order valence-electron chi connectivity index (χ3n) is 4.90. The van der Waals surface area contributed by atoms with Crippen LogP contribution in [0.25, 0.3) is 10.9 Å². The quantitative estimate of drug-likeness (QED) is 0.734. The van der Waals surface area contributed by atoms with E-state index in [1.807, 2.05) is 35.2 Å². The van der Waals surface area contributed by atoms with Gasteiger partial charge in [-0.2, -0.15) is 0 Å². The molecular formula is C21H22N2O2. The Bertz CT molecular complexity index is 885. The number of nitrogens with zero attached hydrogens (tertiary/aromatic N) is 2. The first kappa shape index (κ1) is 15.9. The highest BCUT2D eigenvalue weighted by atomic mass is 16.5. The highest BCUT2D eigenvalue weighted by molar-refractivity contribution is 5.84. The summed E-state index contributed by atoms with van der Waals surface area (Å²) in [7, 11) is 0. The first-order valence-electron chi connectivity index (χ1n) is 8.71. The minimum atomic E-state index is -0.0404. The monoisotopic (exact) mass is 334 g/mol. The lowest BCUT2D eigenvalue weighted by Gasteiger charge is -2.33. The van der Waals surface area contributed by atoms with Crippen molar-refractivity contribution in [1.29, 1.82) is 0 Å². The van der Waals surface area contributed by atoms with E-state index in [0.717, 1.165) is 16.8 Å². The first-order valence-corrected chi connectivity index (χ1v) is 8.71. The van der Waals surface area contributed by atoms with Crippen LogP contribution in [-0.2, 0) is 16.1 Å². The van der Waals surface area contributed by atoms with Crippen LogP contribution < -0.4 is 0 Å². The van der Waals surface area contributed by atoms with Crippen molar-refractivity contribution in [2.45, 2.75) is 19.6 Å². The van der Waals surface area contributed by atoms with Crippen molar-refractivity contribution < 1.29 is 9.53 Å². The number of aryl methyl sites for hydroxylation is 1. The van der Waals surface area contributed by atoms with Gasteiger partial charge in [0.25, 0.3) is 0 Å². The molecule has 1 aliphatic heterocycles. The molecule has 0 saturated carbocycles. The minimum Gasteiger partial charge on any atom is -0.370 e. The van der Waals surface area contributed by atoms with Crippen molar-refractivity contribution in [3.63, 3.8) is 0 Å². The number of aromatic nitrogens is 1. The molecule has 1 saturated heterocycles. The number of para-hydroxylation sites is 1. The van der Waals surface area contributed by atoms with Gasteiger partial charge in [0.15, 0.2) is 0 Å². The van der Waals surface area contributed by atoms with Crippen LogP contribution in [0.1, 0.15) is 17.4 Å². The van der Waals surface area contributed by atoms with E-state index in [0.29, 0.717) is 26.2 Å². The summed E-state index contributed by atoms with van der Waals surface area (Å²) in [5.41, 5.74) is 3.35. The fraction of sp³-hybridized carbons (Fsp3) is 0.286. The third-order valence-corrected chi connectivity index (χ3v) is 4.90. The Kier molecular flexibility index (Phi) is 4.28. The Balaban J connectivity index is 1.51. The summed E-state index contributed by atoms with van der Waals surface area (Å²) in [6.45, 7) is 4.28. The van der Waals surface area contributed by atoms with Gasteiger partial charge in [-0.25, -0.2) is 0 Å².